The zero-order valence-electron chi connectivity index (χ0n) is 12.7. The van der Waals surface area contributed by atoms with Crippen LogP contribution in [0, 0.1) is 0 Å². The highest BCUT2D eigenvalue weighted by Crippen LogP contribution is 1.96. The maximum Gasteiger partial charge on any atom is 0.220 e. The third-order valence-corrected chi connectivity index (χ3v) is 2.86. The Bertz CT molecular complexity index is 223. The number of amides is 1. The van der Waals surface area contributed by atoms with Crippen LogP contribution < -0.4 is 16.0 Å². The van der Waals surface area contributed by atoms with Crippen molar-refractivity contribution in [2.24, 2.45) is 0 Å². The van der Waals surface area contributed by atoms with E-state index in [2.05, 4.69) is 36.7 Å². The summed E-state index contributed by atoms with van der Waals surface area (Å²) in [4.78, 5) is 11.6. The Morgan fingerprint density at radius 2 is 1.74 bits per heavy atom. The Hall–Kier alpha value is -0.650. The monoisotopic (exact) mass is 273 g/mol. The van der Waals surface area contributed by atoms with Crippen LogP contribution in [0.3, 0.4) is 0 Å². The normalized spacial score (nSPS) is 12.7. The molecule has 0 aliphatic rings. The van der Waals surface area contributed by atoms with Gasteiger partial charge in [-0.15, -0.1) is 0 Å². The minimum Gasteiger partial charge on any atom is -0.396 e. The van der Waals surface area contributed by atoms with Gasteiger partial charge in [-0.2, -0.15) is 0 Å². The highest BCUT2D eigenvalue weighted by atomic mass is 16.3. The minimum absolute atomic E-state index is 0.125. The molecule has 1 atom stereocenters. The van der Waals surface area contributed by atoms with Gasteiger partial charge in [0.05, 0.1) is 0 Å². The number of aliphatic hydroxyl groups is 1. The van der Waals surface area contributed by atoms with E-state index in [9.17, 15) is 4.79 Å². The predicted molar refractivity (Wildman–Crippen MR) is 79.2 cm³/mol. The zero-order chi connectivity index (χ0) is 14.5. The van der Waals surface area contributed by atoms with Gasteiger partial charge in [0.25, 0.3) is 0 Å². The highest BCUT2D eigenvalue weighted by molar-refractivity contribution is 5.75. The Morgan fingerprint density at radius 3 is 2.37 bits per heavy atom. The first kappa shape index (κ1) is 18.4. The Morgan fingerprint density at radius 1 is 1.05 bits per heavy atom. The summed E-state index contributed by atoms with van der Waals surface area (Å²) in [6.07, 6.45) is 3.13. The van der Waals surface area contributed by atoms with E-state index in [1.165, 1.54) is 0 Å². The molecule has 0 radical (unpaired) electrons. The molecular formula is C14H31N3O2. The van der Waals surface area contributed by atoms with E-state index in [-0.39, 0.29) is 12.5 Å². The van der Waals surface area contributed by atoms with E-state index in [1.807, 2.05) is 0 Å². The largest absolute Gasteiger partial charge is 0.396 e. The fourth-order valence-electron chi connectivity index (χ4n) is 1.67. The second-order valence-corrected chi connectivity index (χ2v) is 5.28. The van der Waals surface area contributed by atoms with Crippen molar-refractivity contribution in [3.05, 3.63) is 0 Å². The van der Waals surface area contributed by atoms with Gasteiger partial charge in [0, 0.05) is 31.7 Å². The summed E-state index contributed by atoms with van der Waals surface area (Å²) < 4.78 is 0. The quantitative estimate of drug-likeness (QED) is 0.394. The average molecular weight is 273 g/mol. The van der Waals surface area contributed by atoms with Gasteiger partial charge in [0.2, 0.25) is 5.91 Å². The molecule has 0 saturated carbocycles. The fraction of sp³-hybridized carbons (Fsp3) is 0.929. The molecular weight excluding hydrogens is 242 g/mol. The first-order valence-corrected chi connectivity index (χ1v) is 7.40. The molecule has 0 aliphatic carbocycles. The number of rotatable bonds is 12. The summed E-state index contributed by atoms with van der Waals surface area (Å²) in [6, 6.07) is 0.821. The van der Waals surface area contributed by atoms with Gasteiger partial charge in [-0.05, 0) is 39.3 Å². The lowest BCUT2D eigenvalue weighted by Crippen LogP contribution is -2.32. The highest BCUT2D eigenvalue weighted by Gasteiger charge is 2.05. The number of hydrogen-bond donors (Lipinski definition) is 4. The number of hydrogen-bond acceptors (Lipinski definition) is 4. The molecule has 0 aromatic carbocycles. The molecule has 0 saturated heterocycles. The standard InChI is InChI=1S/C14H31N3O2/c1-12(2)15-8-4-9-17-14(19)7-6-13(3)16-10-5-11-18/h12-13,15-16,18H,4-11H2,1-3H3,(H,17,19). The molecule has 4 N–H and O–H groups in total. The van der Waals surface area contributed by atoms with Crippen LogP contribution >= 0.6 is 0 Å². The van der Waals surface area contributed by atoms with Crippen LogP contribution in [0.2, 0.25) is 0 Å². The second kappa shape index (κ2) is 12.4. The number of nitrogens with one attached hydrogen (secondary N) is 3. The molecule has 0 rings (SSSR count). The average Bonchev–Trinajstić information content (AvgIpc) is 2.36. The van der Waals surface area contributed by atoms with Gasteiger partial charge in [-0.3, -0.25) is 4.79 Å². The number of carbonyl (C=O) groups is 1. The molecule has 0 heterocycles. The molecule has 114 valence electrons. The molecule has 0 spiro atoms. The third-order valence-electron chi connectivity index (χ3n) is 2.86. The molecule has 0 aromatic heterocycles. The molecule has 0 aromatic rings. The van der Waals surface area contributed by atoms with Crippen LogP contribution in [0.4, 0.5) is 0 Å². The Kier molecular flexibility index (Phi) is 12.0. The summed E-state index contributed by atoms with van der Waals surface area (Å²) in [5, 5.41) is 18.2. The van der Waals surface area contributed by atoms with E-state index in [0.29, 0.717) is 18.5 Å². The van der Waals surface area contributed by atoms with E-state index in [4.69, 9.17) is 5.11 Å². The predicted octanol–water partition coefficient (Wildman–Crippen LogP) is 0.631. The topological polar surface area (TPSA) is 73.4 Å². The van der Waals surface area contributed by atoms with Crippen LogP contribution in [0.15, 0.2) is 0 Å². The van der Waals surface area contributed by atoms with Crippen LogP contribution in [-0.4, -0.2) is 49.3 Å². The number of carbonyl (C=O) groups excluding carboxylic acids is 1. The van der Waals surface area contributed by atoms with Gasteiger partial charge in [-0.1, -0.05) is 13.8 Å². The van der Waals surface area contributed by atoms with Crippen molar-refractivity contribution in [1.82, 2.24) is 16.0 Å². The molecule has 0 fully saturated rings. The van der Waals surface area contributed by atoms with Crippen molar-refractivity contribution in [3.8, 4) is 0 Å². The van der Waals surface area contributed by atoms with Crippen molar-refractivity contribution in [3.63, 3.8) is 0 Å². The second-order valence-electron chi connectivity index (χ2n) is 5.28. The molecule has 0 bridgehead atoms. The van der Waals surface area contributed by atoms with Gasteiger partial charge < -0.3 is 21.1 Å². The molecule has 5 nitrogen and oxygen atoms in total. The minimum atomic E-state index is 0.125. The van der Waals surface area contributed by atoms with Crippen molar-refractivity contribution in [2.45, 2.75) is 58.5 Å². The van der Waals surface area contributed by atoms with E-state index < -0.39 is 0 Å². The molecule has 0 aliphatic heterocycles. The smallest absolute Gasteiger partial charge is 0.220 e. The van der Waals surface area contributed by atoms with Gasteiger partial charge >= 0.3 is 0 Å². The van der Waals surface area contributed by atoms with Gasteiger partial charge in [0.1, 0.15) is 0 Å². The van der Waals surface area contributed by atoms with Gasteiger partial charge in [-0.25, -0.2) is 0 Å². The summed E-state index contributed by atoms with van der Waals surface area (Å²) in [5.41, 5.74) is 0. The van der Waals surface area contributed by atoms with E-state index in [1.54, 1.807) is 0 Å². The summed E-state index contributed by atoms with van der Waals surface area (Å²) in [6.45, 7) is 9.00. The third kappa shape index (κ3) is 13.6. The fourth-order valence-corrected chi connectivity index (χ4v) is 1.67. The van der Waals surface area contributed by atoms with E-state index >= 15 is 0 Å². The van der Waals surface area contributed by atoms with Crippen LogP contribution in [0.25, 0.3) is 0 Å². The maximum atomic E-state index is 11.6. The maximum absolute atomic E-state index is 11.6. The van der Waals surface area contributed by atoms with Gasteiger partial charge in [0.15, 0.2) is 0 Å². The lowest BCUT2D eigenvalue weighted by Gasteiger charge is -2.13. The molecule has 5 heteroatoms. The molecule has 19 heavy (non-hydrogen) atoms. The number of aliphatic hydroxyl groups excluding tert-OH is 1. The van der Waals surface area contributed by atoms with Crippen molar-refractivity contribution in [2.75, 3.05) is 26.2 Å². The first-order valence-electron chi connectivity index (χ1n) is 7.40. The van der Waals surface area contributed by atoms with Crippen LogP contribution in [0.1, 0.15) is 46.5 Å². The SMILES string of the molecule is CC(C)NCCCNC(=O)CCC(C)NCCCO. The van der Waals surface area contributed by atoms with Crippen molar-refractivity contribution < 1.29 is 9.90 Å². The molecule has 1 amide bonds. The Labute approximate surface area is 117 Å². The Balaban J connectivity index is 3.38. The lowest BCUT2D eigenvalue weighted by molar-refractivity contribution is -0.121. The van der Waals surface area contributed by atoms with Crippen molar-refractivity contribution >= 4 is 5.91 Å². The molecule has 1 unspecified atom stereocenters. The first-order chi connectivity index (χ1) is 9.06. The zero-order valence-corrected chi connectivity index (χ0v) is 12.7. The lowest BCUT2D eigenvalue weighted by atomic mass is 10.1. The summed E-state index contributed by atoms with van der Waals surface area (Å²) in [5.74, 6) is 0.125. The van der Waals surface area contributed by atoms with Crippen LogP contribution in [-0.2, 0) is 4.79 Å². The summed E-state index contributed by atoms with van der Waals surface area (Å²) >= 11 is 0. The van der Waals surface area contributed by atoms with E-state index in [0.717, 1.165) is 38.9 Å². The van der Waals surface area contributed by atoms with Crippen molar-refractivity contribution in [1.29, 1.82) is 0 Å². The summed E-state index contributed by atoms with van der Waals surface area (Å²) in [7, 11) is 0. The van der Waals surface area contributed by atoms with Crippen LogP contribution in [0.5, 0.6) is 0 Å².